The third kappa shape index (κ3) is 2.68. The molecule has 0 unspecified atom stereocenters. The summed E-state index contributed by atoms with van der Waals surface area (Å²) in [5.74, 6) is -1.29. The van der Waals surface area contributed by atoms with Crippen LogP contribution in [0.4, 0.5) is 0 Å². The van der Waals surface area contributed by atoms with E-state index in [-0.39, 0.29) is 31.0 Å². The molecule has 0 bridgehead atoms. The van der Waals surface area contributed by atoms with Crippen LogP contribution in [0.25, 0.3) is 0 Å². The number of hydrazone groups is 1. The van der Waals surface area contributed by atoms with Crippen LogP contribution in [-0.4, -0.2) is 27.7 Å². The van der Waals surface area contributed by atoms with Gasteiger partial charge < -0.3 is 5.11 Å². The number of carboxylic acids is 1. The van der Waals surface area contributed by atoms with E-state index in [0.29, 0.717) is 5.02 Å². The van der Waals surface area contributed by atoms with Gasteiger partial charge in [0, 0.05) is 17.9 Å². The lowest BCUT2D eigenvalue weighted by molar-refractivity contribution is -0.133. The summed E-state index contributed by atoms with van der Waals surface area (Å²) in [6, 6.07) is 7.08. The van der Waals surface area contributed by atoms with E-state index in [2.05, 4.69) is 5.10 Å². The molecule has 5 nitrogen and oxygen atoms in total. The molecule has 0 saturated heterocycles. The second kappa shape index (κ2) is 5.18. The molecule has 1 aliphatic rings. The number of carbonyl (C=O) groups is 2. The van der Waals surface area contributed by atoms with Gasteiger partial charge in [0.2, 0.25) is 5.91 Å². The summed E-state index contributed by atoms with van der Waals surface area (Å²) in [7, 11) is 0. The van der Waals surface area contributed by atoms with E-state index in [9.17, 15) is 9.59 Å². The fraction of sp³-hybridized carbons (Fsp3) is 0.250. The maximum atomic E-state index is 11.7. The first-order valence-electron chi connectivity index (χ1n) is 5.42. The third-order valence-corrected chi connectivity index (χ3v) is 3.00. The average Bonchev–Trinajstić information content (AvgIpc) is 2.34. The monoisotopic (exact) mass is 266 g/mol. The highest BCUT2D eigenvalue weighted by Gasteiger charge is 2.24. The fourth-order valence-corrected chi connectivity index (χ4v) is 1.86. The minimum Gasteiger partial charge on any atom is -0.477 e. The second-order valence-electron chi connectivity index (χ2n) is 3.89. The summed E-state index contributed by atoms with van der Waals surface area (Å²) < 4.78 is 0. The predicted molar refractivity (Wildman–Crippen MR) is 66.3 cm³/mol. The molecule has 1 aromatic rings. The molecule has 2 rings (SSSR count). The Kier molecular flexibility index (Phi) is 3.62. The first-order valence-corrected chi connectivity index (χ1v) is 5.80. The highest BCUT2D eigenvalue weighted by molar-refractivity contribution is 6.36. The summed E-state index contributed by atoms with van der Waals surface area (Å²) in [4.78, 5) is 22.5. The Hall–Kier alpha value is -1.88. The van der Waals surface area contributed by atoms with Crippen molar-refractivity contribution in [2.45, 2.75) is 19.4 Å². The Morgan fingerprint density at radius 3 is 2.78 bits per heavy atom. The van der Waals surface area contributed by atoms with Crippen molar-refractivity contribution in [1.82, 2.24) is 5.01 Å². The minimum atomic E-state index is -1.09. The molecular weight excluding hydrogens is 256 g/mol. The van der Waals surface area contributed by atoms with E-state index >= 15 is 0 Å². The topological polar surface area (TPSA) is 70.0 Å². The van der Waals surface area contributed by atoms with Crippen molar-refractivity contribution < 1.29 is 14.7 Å². The smallest absolute Gasteiger partial charge is 0.352 e. The maximum Gasteiger partial charge on any atom is 0.352 e. The number of nitrogens with zero attached hydrogens (tertiary/aromatic N) is 2. The molecule has 94 valence electrons. The van der Waals surface area contributed by atoms with Crippen molar-refractivity contribution in [1.29, 1.82) is 0 Å². The quantitative estimate of drug-likeness (QED) is 0.908. The van der Waals surface area contributed by atoms with Gasteiger partial charge in [-0.05, 0) is 11.6 Å². The van der Waals surface area contributed by atoms with E-state index in [1.165, 1.54) is 0 Å². The van der Waals surface area contributed by atoms with E-state index in [1.807, 2.05) is 0 Å². The highest BCUT2D eigenvalue weighted by atomic mass is 35.5. The zero-order chi connectivity index (χ0) is 13.1. The van der Waals surface area contributed by atoms with Crippen LogP contribution in [0, 0.1) is 0 Å². The summed E-state index contributed by atoms with van der Waals surface area (Å²) in [6.07, 6.45) is 0.336. The van der Waals surface area contributed by atoms with Crippen LogP contribution in [0.3, 0.4) is 0 Å². The number of halogens is 1. The third-order valence-electron chi connectivity index (χ3n) is 2.63. The number of amides is 1. The lowest BCUT2D eigenvalue weighted by atomic mass is 10.1. The number of hydrogen-bond donors (Lipinski definition) is 1. The van der Waals surface area contributed by atoms with Gasteiger partial charge in [0.25, 0.3) is 0 Å². The van der Waals surface area contributed by atoms with Gasteiger partial charge in [0.05, 0.1) is 6.54 Å². The highest BCUT2D eigenvalue weighted by Crippen LogP contribution is 2.19. The summed E-state index contributed by atoms with van der Waals surface area (Å²) in [5, 5.41) is 14.4. The number of carbonyl (C=O) groups excluding carboxylic acids is 1. The van der Waals surface area contributed by atoms with Crippen LogP contribution in [0.2, 0.25) is 5.02 Å². The minimum absolute atomic E-state index is 0.00153. The lowest BCUT2D eigenvalue weighted by Crippen LogP contribution is -2.33. The largest absolute Gasteiger partial charge is 0.477 e. The number of rotatable bonds is 3. The Morgan fingerprint density at radius 2 is 2.11 bits per heavy atom. The molecular formula is C12H11ClN2O3. The van der Waals surface area contributed by atoms with Crippen LogP contribution < -0.4 is 0 Å². The van der Waals surface area contributed by atoms with Crippen LogP contribution >= 0.6 is 11.6 Å². The molecule has 1 heterocycles. The number of aliphatic carboxylic acids is 1. The van der Waals surface area contributed by atoms with Gasteiger partial charge in [-0.25, -0.2) is 9.80 Å². The van der Waals surface area contributed by atoms with Crippen molar-refractivity contribution in [3.63, 3.8) is 0 Å². The summed E-state index contributed by atoms with van der Waals surface area (Å²) in [5.41, 5.74) is 0.740. The van der Waals surface area contributed by atoms with Crippen molar-refractivity contribution >= 4 is 29.2 Å². The molecule has 1 aliphatic heterocycles. The fourth-order valence-electron chi connectivity index (χ4n) is 1.67. The zero-order valence-corrected chi connectivity index (χ0v) is 10.2. The molecule has 1 N–H and O–H groups in total. The second-order valence-corrected chi connectivity index (χ2v) is 4.30. The molecule has 1 amide bonds. The molecule has 6 heteroatoms. The zero-order valence-electron chi connectivity index (χ0n) is 9.47. The van der Waals surface area contributed by atoms with Gasteiger partial charge in [-0.3, -0.25) is 4.79 Å². The van der Waals surface area contributed by atoms with Crippen LogP contribution in [-0.2, 0) is 16.1 Å². The van der Waals surface area contributed by atoms with Crippen molar-refractivity contribution in [3.05, 3.63) is 34.9 Å². The predicted octanol–water partition coefficient (Wildman–Crippen LogP) is 1.90. The average molecular weight is 267 g/mol. The van der Waals surface area contributed by atoms with E-state index < -0.39 is 5.97 Å². The normalized spacial score (nSPS) is 15.5. The molecule has 0 aromatic heterocycles. The summed E-state index contributed by atoms with van der Waals surface area (Å²) >= 11 is 5.99. The Bertz CT molecular complexity index is 528. The number of hydrogen-bond acceptors (Lipinski definition) is 3. The van der Waals surface area contributed by atoms with Crippen molar-refractivity contribution in [3.8, 4) is 0 Å². The summed E-state index contributed by atoms with van der Waals surface area (Å²) in [6.45, 7) is 0.190. The molecule has 18 heavy (non-hydrogen) atoms. The van der Waals surface area contributed by atoms with Gasteiger partial charge in [0.1, 0.15) is 5.71 Å². The molecule has 0 saturated carbocycles. The van der Waals surface area contributed by atoms with E-state index in [0.717, 1.165) is 10.6 Å². The maximum absolute atomic E-state index is 11.7. The molecule has 0 atom stereocenters. The molecule has 0 spiro atoms. The van der Waals surface area contributed by atoms with Gasteiger partial charge in [0.15, 0.2) is 0 Å². The number of carboxylic acid groups (broad SMARTS) is 1. The Labute approximate surface area is 109 Å². The molecule has 0 aliphatic carbocycles. The van der Waals surface area contributed by atoms with Gasteiger partial charge in [-0.1, -0.05) is 29.8 Å². The lowest BCUT2D eigenvalue weighted by Gasteiger charge is -2.22. The van der Waals surface area contributed by atoms with Crippen molar-refractivity contribution in [2.75, 3.05) is 0 Å². The molecule has 0 radical (unpaired) electrons. The SMILES string of the molecule is O=C(O)C1=NN(Cc2ccccc2Cl)C(=O)CC1. The van der Waals surface area contributed by atoms with Crippen LogP contribution in [0.5, 0.6) is 0 Å². The van der Waals surface area contributed by atoms with E-state index in [1.54, 1.807) is 24.3 Å². The van der Waals surface area contributed by atoms with E-state index in [4.69, 9.17) is 16.7 Å². The van der Waals surface area contributed by atoms with Crippen molar-refractivity contribution in [2.24, 2.45) is 5.10 Å². The first kappa shape index (κ1) is 12.6. The standard InChI is InChI=1S/C12H11ClN2O3/c13-9-4-2-1-3-8(9)7-15-11(16)6-5-10(14-15)12(17)18/h1-4H,5-7H2,(H,17,18). The Morgan fingerprint density at radius 1 is 1.39 bits per heavy atom. The first-order chi connectivity index (χ1) is 8.58. The van der Waals surface area contributed by atoms with Gasteiger partial charge >= 0.3 is 5.97 Å². The van der Waals surface area contributed by atoms with Gasteiger partial charge in [-0.2, -0.15) is 5.10 Å². The molecule has 0 fully saturated rings. The molecule has 1 aromatic carbocycles. The number of benzene rings is 1. The Balaban J connectivity index is 2.22. The van der Waals surface area contributed by atoms with Crippen LogP contribution in [0.15, 0.2) is 29.4 Å². The van der Waals surface area contributed by atoms with Gasteiger partial charge in [-0.15, -0.1) is 0 Å². The van der Waals surface area contributed by atoms with Crippen LogP contribution in [0.1, 0.15) is 18.4 Å².